The minimum Gasteiger partial charge on any atom is -0.455 e. The quantitative estimate of drug-likeness (QED) is 0.653. The van der Waals surface area contributed by atoms with Gasteiger partial charge in [0.1, 0.15) is 5.58 Å². The lowest BCUT2D eigenvalue weighted by Gasteiger charge is -2.18. The molecule has 27 heavy (non-hydrogen) atoms. The van der Waals surface area contributed by atoms with Gasteiger partial charge in [0.2, 0.25) is 10.0 Å². The molecular weight excluding hydrogens is 436 g/mol. The van der Waals surface area contributed by atoms with E-state index in [1.807, 2.05) is 6.92 Å². The van der Waals surface area contributed by atoms with E-state index < -0.39 is 10.0 Å². The molecule has 0 unspecified atom stereocenters. The van der Waals surface area contributed by atoms with Crippen LogP contribution >= 0.6 is 15.9 Å². The Morgan fingerprint density at radius 1 is 1.37 bits per heavy atom. The maximum atomic E-state index is 12.6. The van der Waals surface area contributed by atoms with Crippen LogP contribution in [0.1, 0.15) is 16.1 Å². The van der Waals surface area contributed by atoms with Gasteiger partial charge in [0, 0.05) is 43.3 Å². The highest BCUT2D eigenvalue weighted by atomic mass is 79.9. The molecule has 3 aromatic rings. The van der Waals surface area contributed by atoms with E-state index >= 15 is 0 Å². The molecule has 2 aromatic heterocycles. The highest BCUT2D eigenvalue weighted by Gasteiger charge is 2.26. The predicted molar refractivity (Wildman–Crippen MR) is 107 cm³/mol. The number of nitrogens with one attached hydrogen (secondary N) is 1. The molecule has 0 saturated heterocycles. The van der Waals surface area contributed by atoms with Crippen LogP contribution < -0.4 is 9.62 Å². The highest BCUT2D eigenvalue weighted by Crippen LogP contribution is 2.40. The molecule has 144 valence electrons. The first-order valence-corrected chi connectivity index (χ1v) is 10.6. The van der Waals surface area contributed by atoms with Gasteiger partial charge in [0.15, 0.2) is 5.76 Å². The molecule has 0 atom stereocenters. The molecule has 0 aliphatic rings. The highest BCUT2D eigenvalue weighted by molar-refractivity contribution is 9.10. The molecule has 0 aliphatic carbocycles. The fourth-order valence-electron chi connectivity index (χ4n) is 2.89. The van der Waals surface area contributed by atoms with Gasteiger partial charge in [-0.15, -0.1) is 0 Å². The number of rotatable bonds is 4. The predicted octanol–water partition coefficient (Wildman–Crippen LogP) is 2.66. The first-order valence-electron chi connectivity index (χ1n) is 7.97. The minimum atomic E-state index is -3.46. The van der Waals surface area contributed by atoms with Crippen LogP contribution in [-0.2, 0) is 17.1 Å². The van der Waals surface area contributed by atoms with E-state index in [9.17, 15) is 13.2 Å². The van der Waals surface area contributed by atoms with Gasteiger partial charge in [-0.2, -0.15) is 5.10 Å². The molecule has 2 heterocycles. The van der Waals surface area contributed by atoms with Crippen molar-refractivity contribution in [1.82, 2.24) is 15.1 Å². The average molecular weight is 455 g/mol. The van der Waals surface area contributed by atoms with E-state index in [1.165, 1.54) is 7.05 Å². The number of aromatic nitrogens is 2. The Labute approximate surface area is 165 Å². The van der Waals surface area contributed by atoms with E-state index in [1.54, 1.807) is 37.1 Å². The topological polar surface area (TPSA) is 97.4 Å². The number of hydrogen-bond acceptors (Lipinski definition) is 5. The third kappa shape index (κ3) is 3.34. The number of carbonyl (C=O) groups excluding carboxylic acids is 1. The van der Waals surface area contributed by atoms with Crippen molar-refractivity contribution in [3.63, 3.8) is 0 Å². The second kappa shape index (κ2) is 6.68. The Balaban J connectivity index is 2.34. The van der Waals surface area contributed by atoms with E-state index in [2.05, 4.69) is 26.3 Å². The van der Waals surface area contributed by atoms with Crippen molar-refractivity contribution >= 4 is 48.5 Å². The van der Waals surface area contributed by atoms with Crippen LogP contribution in [0, 0.1) is 6.92 Å². The number of halogens is 1. The number of benzene rings is 1. The van der Waals surface area contributed by atoms with Gasteiger partial charge in [0.25, 0.3) is 5.91 Å². The third-order valence-electron chi connectivity index (χ3n) is 4.31. The Morgan fingerprint density at radius 3 is 2.56 bits per heavy atom. The van der Waals surface area contributed by atoms with E-state index in [4.69, 9.17) is 4.42 Å². The van der Waals surface area contributed by atoms with Crippen LogP contribution in [0.5, 0.6) is 0 Å². The number of anilines is 1. The molecule has 3 rings (SSSR count). The number of carbonyl (C=O) groups is 1. The summed E-state index contributed by atoms with van der Waals surface area (Å²) in [5, 5.41) is 7.51. The monoisotopic (exact) mass is 454 g/mol. The molecule has 1 N–H and O–H groups in total. The fourth-order valence-corrected chi connectivity index (χ4v) is 4.12. The summed E-state index contributed by atoms with van der Waals surface area (Å²) in [6.45, 7) is 1.83. The van der Waals surface area contributed by atoms with Crippen molar-refractivity contribution in [2.75, 3.05) is 24.7 Å². The summed E-state index contributed by atoms with van der Waals surface area (Å²) >= 11 is 3.40. The zero-order valence-corrected chi connectivity index (χ0v) is 17.9. The maximum Gasteiger partial charge on any atom is 0.255 e. The zero-order chi connectivity index (χ0) is 20.1. The fraction of sp³-hybridized carbons (Fsp3) is 0.294. The standard InChI is InChI=1S/C17H19BrN4O4S/c1-9-11(8-21(3)20-9)16-15(17(23)19-2)10-6-12(18)13(7-14(10)26-16)22(4)27(5,24)25/h6-8H,1-5H3,(H,19,23). The van der Waals surface area contributed by atoms with Crippen LogP contribution in [0.4, 0.5) is 5.69 Å². The Morgan fingerprint density at radius 2 is 2.04 bits per heavy atom. The summed E-state index contributed by atoms with van der Waals surface area (Å²) in [5.74, 6) is 0.0872. The number of hydrogen-bond donors (Lipinski definition) is 1. The smallest absolute Gasteiger partial charge is 0.255 e. The molecule has 0 saturated carbocycles. The van der Waals surface area contributed by atoms with Crippen molar-refractivity contribution in [2.24, 2.45) is 7.05 Å². The number of aryl methyl sites for hydroxylation is 2. The van der Waals surface area contributed by atoms with Gasteiger partial charge in [0.05, 0.1) is 28.8 Å². The second-order valence-electron chi connectivity index (χ2n) is 6.22. The van der Waals surface area contributed by atoms with Crippen LogP contribution in [0.25, 0.3) is 22.3 Å². The van der Waals surface area contributed by atoms with Crippen LogP contribution in [0.15, 0.2) is 27.2 Å². The van der Waals surface area contributed by atoms with Crippen molar-refractivity contribution in [3.05, 3.63) is 34.1 Å². The summed E-state index contributed by atoms with van der Waals surface area (Å²) in [5.41, 5.74) is 2.60. The number of fused-ring (bicyclic) bond motifs is 1. The van der Waals surface area contributed by atoms with Crippen molar-refractivity contribution in [1.29, 1.82) is 0 Å². The van der Waals surface area contributed by atoms with Gasteiger partial charge in [-0.25, -0.2) is 8.42 Å². The SMILES string of the molecule is CNC(=O)c1c(-c2cn(C)nc2C)oc2cc(N(C)S(C)(=O)=O)c(Br)cc12. The maximum absolute atomic E-state index is 12.6. The normalized spacial score (nSPS) is 11.8. The zero-order valence-electron chi connectivity index (χ0n) is 15.5. The van der Waals surface area contributed by atoms with Gasteiger partial charge < -0.3 is 9.73 Å². The van der Waals surface area contributed by atoms with Crippen molar-refractivity contribution in [2.45, 2.75) is 6.92 Å². The minimum absolute atomic E-state index is 0.303. The molecule has 1 amide bonds. The molecule has 1 aromatic carbocycles. The van der Waals surface area contributed by atoms with Gasteiger partial charge in [-0.05, 0) is 28.9 Å². The lowest BCUT2D eigenvalue weighted by Crippen LogP contribution is -2.25. The lowest BCUT2D eigenvalue weighted by molar-refractivity contribution is 0.0964. The van der Waals surface area contributed by atoms with Gasteiger partial charge in [-0.1, -0.05) is 0 Å². The second-order valence-corrected chi connectivity index (χ2v) is 9.09. The summed E-state index contributed by atoms with van der Waals surface area (Å²) in [6.07, 6.45) is 2.89. The summed E-state index contributed by atoms with van der Waals surface area (Å²) in [6, 6.07) is 3.29. The molecule has 8 nitrogen and oxygen atoms in total. The largest absolute Gasteiger partial charge is 0.455 e. The summed E-state index contributed by atoms with van der Waals surface area (Å²) < 4.78 is 33.2. The Kier molecular flexibility index (Phi) is 4.81. The first kappa shape index (κ1) is 19.4. The molecular formula is C17H19BrN4O4S. The van der Waals surface area contributed by atoms with Crippen LogP contribution in [0.3, 0.4) is 0 Å². The molecule has 0 radical (unpaired) electrons. The van der Waals surface area contributed by atoms with E-state index in [-0.39, 0.29) is 5.91 Å². The third-order valence-corrected chi connectivity index (χ3v) is 6.13. The summed E-state index contributed by atoms with van der Waals surface area (Å²) in [4.78, 5) is 12.6. The molecule has 0 fully saturated rings. The van der Waals surface area contributed by atoms with E-state index in [0.29, 0.717) is 43.7 Å². The Bertz CT molecular complexity index is 1160. The van der Waals surface area contributed by atoms with Gasteiger partial charge in [-0.3, -0.25) is 13.8 Å². The number of furan rings is 1. The van der Waals surface area contributed by atoms with Crippen molar-refractivity contribution < 1.29 is 17.6 Å². The summed E-state index contributed by atoms with van der Waals surface area (Å²) in [7, 11) is 1.33. The number of nitrogens with zero attached hydrogens (tertiary/aromatic N) is 3. The number of amides is 1. The van der Waals surface area contributed by atoms with Crippen LogP contribution in [0.2, 0.25) is 0 Å². The molecule has 10 heteroatoms. The van der Waals surface area contributed by atoms with Crippen molar-refractivity contribution in [3.8, 4) is 11.3 Å². The molecule has 0 spiro atoms. The van der Waals surface area contributed by atoms with Gasteiger partial charge >= 0.3 is 0 Å². The van der Waals surface area contributed by atoms with Crippen LogP contribution in [-0.4, -0.2) is 44.5 Å². The molecule has 0 aliphatic heterocycles. The number of sulfonamides is 1. The first-order chi connectivity index (χ1) is 12.5. The lowest BCUT2D eigenvalue weighted by atomic mass is 10.1. The molecule has 0 bridgehead atoms. The average Bonchev–Trinajstić information content (AvgIpc) is 3.10. The Hall–Kier alpha value is -2.33. The van der Waals surface area contributed by atoms with E-state index in [0.717, 1.165) is 10.6 Å².